The van der Waals surface area contributed by atoms with Crippen LogP contribution in [0.5, 0.6) is 0 Å². The smallest absolute Gasteiger partial charge is 0.249 e. The van der Waals surface area contributed by atoms with Gasteiger partial charge in [-0.3, -0.25) is 4.79 Å². The normalized spacial score (nSPS) is 10.4. The van der Waals surface area contributed by atoms with E-state index in [1.54, 1.807) is 9.25 Å². The second-order valence-corrected chi connectivity index (χ2v) is 6.27. The van der Waals surface area contributed by atoms with Crippen molar-refractivity contribution in [2.24, 2.45) is 0 Å². The van der Waals surface area contributed by atoms with Crippen molar-refractivity contribution in [2.75, 3.05) is 0 Å². The minimum Gasteiger partial charge on any atom is -0.285 e. The molecular formula is C23H17N4O+. The number of carbonyl (C=O) groups excluding carboxylic acids is 1. The number of nitrogens with zero attached hydrogens (tertiary/aromatic N) is 4. The number of ketones is 1. The molecule has 0 N–H and O–H groups in total. The quantitative estimate of drug-likeness (QED) is 0.401. The molecule has 2 aromatic carbocycles. The summed E-state index contributed by atoms with van der Waals surface area (Å²) in [5, 5.41) is 14.4. The molecule has 4 rings (SSSR count). The van der Waals surface area contributed by atoms with Crippen LogP contribution in [0.2, 0.25) is 0 Å². The van der Waals surface area contributed by atoms with E-state index in [2.05, 4.69) is 11.2 Å². The second-order valence-electron chi connectivity index (χ2n) is 6.27. The van der Waals surface area contributed by atoms with Gasteiger partial charge in [0, 0.05) is 17.7 Å². The molecule has 2 heterocycles. The molecule has 0 atom stereocenters. The Kier molecular flexibility index (Phi) is 4.77. The van der Waals surface area contributed by atoms with Crippen molar-refractivity contribution in [1.29, 1.82) is 5.26 Å². The van der Waals surface area contributed by atoms with Gasteiger partial charge in [0.15, 0.2) is 18.1 Å². The number of rotatable bonds is 5. The summed E-state index contributed by atoms with van der Waals surface area (Å²) in [5.41, 5.74) is 2.72. The predicted molar refractivity (Wildman–Crippen MR) is 105 cm³/mol. The Hall–Kier alpha value is -4.04. The van der Waals surface area contributed by atoms with Crippen LogP contribution in [-0.4, -0.2) is 15.6 Å². The van der Waals surface area contributed by atoms with Crippen LogP contribution in [0.25, 0.3) is 16.9 Å². The van der Waals surface area contributed by atoms with Gasteiger partial charge in [-0.15, -0.1) is 0 Å². The van der Waals surface area contributed by atoms with Crippen molar-refractivity contribution in [3.8, 4) is 23.0 Å². The number of nitriles is 1. The van der Waals surface area contributed by atoms with E-state index in [1.165, 1.54) is 0 Å². The molecular weight excluding hydrogens is 348 g/mol. The fraction of sp³-hybridized carbons (Fsp3) is 0.0435. The summed E-state index contributed by atoms with van der Waals surface area (Å²) >= 11 is 0. The van der Waals surface area contributed by atoms with Crippen molar-refractivity contribution in [3.63, 3.8) is 0 Å². The van der Waals surface area contributed by atoms with Crippen LogP contribution < -0.4 is 4.57 Å². The van der Waals surface area contributed by atoms with Gasteiger partial charge in [0.05, 0.1) is 11.4 Å². The van der Waals surface area contributed by atoms with Crippen molar-refractivity contribution in [1.82, 2.24) is 9.78 Å². The number of pyridine rings is 1. The van der Waals surface area contributed by atoms with Crippen molar-refractivity contribution in [2.45, 2.75) is 6.54 Å². The van der Waals surface area contributed by atoms with Gasteiger partial charge in [-0.2, -0.15) is 14.9 Å². The molecule has 5 nitrogen and oxygen atoms in total. The van der Waals surface area contributed by atoms with Gasteiger partial charge in [-0.25, -0.2) is 4.68 Å². The van der Waals surface area contributed by atoms with Crippen LogP contribution in [0.1, 0.15) is 16.1 Å². The zero-order chi connectivity index (χ0) is 19.3. The zero-order valence-electron chi connectivity index (χ0n) is 15.1. The number of Topliss-reactive ketones (excluding diaryl/α,β-unsaturated/α-hetero) is 1. The van der Waals surface area contributed by atoms with Crippen LogP contribution in [0, 0.1) is 11.3 Å². The van der Waals surface area contributed by atoms with Crippen molar-refractivity contribution < 1.29 is 9.36 Å². The first-order chi connectivity index (χ1) is 13.8. The first kappa shape index (κ1) is 17.4. The first-order valence-electron chi connectivity index (χ1n) is 8.89. The summed E-state index contributed by atoms with van der Waals surface area (Å²) in [7, 11) is 0. The highest BCUT2D eigenvalue weighted by atomic mass is 16.1. The number of aromatic nitrogens is 3. The van der Waals surface area contributed by atoms with E-state index in [9.17, 15) is 10.1 Å². The molecule has 28 heavy (non-hydrogen) atoms. The lowest BCUT2D eigenvalue weighted by Crippen LogP contribution is -2.37. The fourth-order valence-corrected chi connectivity index (χ4v) is 3.12. The van der Waals surface area contributed by atoms with E-state index >= 15 is 0 Å². The highest BCUT2D eigenvalue weighted by Gasteiger charge is 2.26. The molecule has 0 aliphatic rings. The summed E-state index contributed by atoms with van der Waals surface area (Å²) in [5.74, 6) is -0.209. The molecule has 2 aromatic heterocycles. The van der Waals surface area contributed by atoms with Crippen molar-refractivity contribution >= 4 is 5.78 Å². The van der Waals surface area contributed by atoms with Crippen molar-refractivity contribution in [3.05, 3.63) is 103 Å². The van der Waals surface area contributed by atoms with Gasteiger partial charge >= 0.3 is 0 Å². The monoisotopic (exact) mass is 365 g/mol. The molecule has 0 spiro atoms. The molecule has 134 valence electrons. The molecule has 0 aliphatic heterocycles. The van der Waals surface area contributed by atoms with Gasteiger partial charge < -0.3 is 0 Å². The Morgan fingerprint density at radius 1 is 0.929 bits per heavy atom. The summed E-state index contributed by atoms with van der Waals surface area (Å²) in [6.45, 7) is 0.121. The molecule has 5 heteroatoms. The number of hydrogen-bond donors (Lipinski definition) is 0. The molecule has 0 amide bonds. The van der Waals surface area contributed by atoms with Crippen LogP contribution in [-0.2, 0) is 6.54 Å². The molecule has 4 aromatic rings. The lowest BCUT2D eigenvalue weighted by Gasteiger charge is -2.07. The summed E-state index contributed by atoms with van der Waals surface area (Å²) in [6, 6.07) is 26.9. The van der Waals surface area contributed by atoms with E-state index in [1.807, 2.05) is 91.3 Å². The molecule has 0 saturated heterocycles. The fourth-order valence-electron chi connectivity index (χ4n) is 3.12. The topological polar surface area (TPSA) is 62.6 Å². The Bertz CT molecular complexity index is 1140. The minimum absolute atomic E-state index is 0.121. The number of benzene rings is 2. The van der Waals surface area contributed by atoms with Crippen LogP contribution >= 0.6 is 0 Å². The third kappa shape index (κ3) is 3.31. The van der Waals surface area contributed by atoms with Crippen LogP contribution in [0.3, 0.4) is 0 Å². The van der Waals surface area contributed by atoms with Gasteiger partial charge in [0.2, 0.25) is 12.3 Å². The zero-order valence-corrected chi connectivity index (χ0v) is 15.1. The first-order valence-corrected chi connectivity index (χ1v) is 8.89. The summed E-state index contributed by atoms with van der Waals surface area (Å²) in [6.07, 6.45) is 3.63. The molecule has 0 saturated carbocycles. The van der Waals surface area contributed by atoms with E-state index < -0.39 is 0 Å². The number of para-hydroxylation sites is 1. The maximum Gasteiger partial charge on any atom is 0.249 e. The molecule has 0 fully saturated rings. The van der Waals surface area contributed by atoms with E-state index in [-0.39, 0.29) is 23.6 Å². The van der Waals surface area contributed by atoms with Gasteiger partial charge in [-0.1, -0.05) is 54.6 Å². The van der Waals surface area contributed by atoms with E-state index in [0.29, 0.717) is 5.69 Å². The SMILES string of the molecule is N#Cc1c(C(=O)C[n+]2ccccc2)nn(-c2ccccc2)c1-c1ccccc1. The highest BCUT2D eigenvalue weighted by molar-refractivity contribution is 5.97. The van der Waals surface area contributed by atoms with E-state index in [0.717, 1.165) is 11.3 Å². The average Bonchev–Trinajstić information content (AvgIpc) is 3.15. The van der Waals surface area contributed by atoms with Gasteiger partial charge in [-0.05, 0) is 12.1 Å². The molecule has 0 bridgehead atoms. The largest absolute Gasteiger partial charge is 0.285 e. The predicted octanol–water partition coefficient (Wildman–Crippen LogP) is 3.58. The standard InChI is InChI=1S/C23H17N4O/c24-16-20-22(21(28)17-26-14-8-3-9-15-26)25-27(19-12-6-2-7-13-19)23(20)18-10-4-1-5-11-18/h1-15H,17H2/q+1. The van der Waals surface area contributed by atoms with Gasteiger partial charge in [0.25, 0.3) is 0 Å². The maximum atomic E-state index is 13.0. The molecule has 0 unspecified atom stereocenters. The summed E-state index contributed by atoms with van der Waals surface area (Å²) < 4.78 is 3.45. The Morgan fingerprint density at radius 3 is 2.18 bits per heavy atom. The molecule has 0 radical (unpaired) electrons. The maximum absolute atomic E-state index is 13.0. The Labute approximate surface area is 162 Å². The number of carbonyl (C=O) groups is 1. The van der Waals surface area contributed by atoms with Crippen LogP contribution in [0.4, 0.5) is 0 Å². The lowest BCUT2D eigenvalue weighted by molar-refractivity contribution is -0.683. The molecule has 0 aliphatic carbocycles. The lowest BCUT2D eigenvalue weighted by atomic mass is 10.0. The Morgan fingerprint density at radius 2 is 1.54 bits per heavy atom. The van der Waals surface area contributed by atoms with Gasteiger partial charge in [0.1, 0.15) is 11.6 Å². The third-order valence-corrected chi connectivity index (χ3v) is 4.41. The number of hydrogen-bond acceptors (Lipinski definition) is 3. The van der Waals surface area contributed by atoms with E-state index in [4.69, 9.17) is 0 Å². The Balaban J connectivity index is 1.87. The third-order valence-electron chi connectivity index (χ3n) is 4.41. The summed E-state index contributed by atoms with van der Waals surface area (Å²) in [4.78, 5) is 13.0. The average molecular weight is 365 g/mol. The minimum atomic E-state index is -0.209. The van der Waals surface area contributed by atoms with Crippen LogP contribution in [0.15, 0.2) is 91.3 Å². The second kappa shape index (κ2) is 7.68. The highest BCUT2D eigenvalue weighted by Crippen LogP contribution is 2.29.